The molecule has 0 aliphatic carbocycles. The van der Waals surface area contributed by atoms with Gasteiger partial charge in [0.1, 0.15) is 11.4 Å². The Hall–Kier alpha value is -2.53. The zero-order valence-electron chi connectivity index (χ0n) is 18.7. The Kier molecular flexibility index (Phi) is 9.68. The van der Waals surface area contributed by atoms with Crippen LogP contribution in [0.15, 0.2) is 54.6 Å². The van der Waals surface area contributed by atoms with Crippen molar-refractivity contribution in [3.05, 3.63) is 65.7 Å². The van der Waals surface area contributed by atoms with Crippen LogP contribution >= 0.6 is 0 Å². The number of alkyl carbamates (subject to hydrolysis) is 1. The first-order valence-electron chi connectivity index (χ1n) is 10.8. The van der Waals surface area contributed by atoms with E-state index in [2.05, 4.69) is 72.2 Å². The van der Waals surface area contributed by atoms with Crippen LogP contribution in [0.1, 0.15) is 51.2 Å². The fourth-order valence-electron chi connectivity index (χ4n) is 3.06. The highest BCUT2D eigenvalue weighted by Gasteiger charge is 2.15. The Bertz CT molecular complexity index is 739. The van der Waals surface area contributed by atoms with Gasteiger partial charge in [-0.2, -0.15) is 0 Å². The molecule has 0 saturated heterocycles. The number of carbonyl (C=O) groups excluding carboxylic acids is 1. The lowest BCUT2D eigenvalue weighted by molar-refractivity contribution is 0.0528. The Balaban J connectivity index is 1.56. The average Bonchev–Trinajstić information content (AvgIpc) is 2.70. The first kappa shape index (κ1) is 23.7. The van der Waals surface area contributed by atoms with Crippen molar-refractivity contribution in [2.45, 2.75) is 52.1 Å². The molecule has 0 heterocycles. The van der Waals surface area contributed by atoms with Gasteiger partial charge in [-0.3, -0.25) is 0 Å². The largest absolute Gasteiger partial charge is 0.494 e. The molecule has 0 aromatic heterocycles. The molecular weight excluding hydrogens is 376 g/mol. The van der Waals surface area contributed by atoms with E-state index in [0.29, 0.717) is 25.6 Å². The van der Waals surface area contributed by atoms with Gasteiger partial charge in [-0.25, -0.2) is 4.79 Å². The van der Waals surface area contributed by atoms with Gasteiger partial charge in [0.05, 0.1) is 6.61 Å². The van der Waals surface area contributed by atoms with Crippen LogP contribution in [0.2, 0.25) is 0 Å². The van der Waals surface area contributed by atoms with Crippen LogP contribution in [0.25, 0.3) is 0 Å². The molecule has 0 aliphatic heterocycles. The molecule has 30 heavy (non-hydrogen) atoms. The zero-order valence-corrected chi connectivity index (χ0v) is 18.7. The van der Waals surface area contributed by atoms with Gasteiger partial charge in [0.25, 0.3) is 0 Å². The van der Waals surface area contributed by atoms with Crippen molar-refractivity contribution in [1.82, 2.24) is 10.6 Å². The zero-order chi connectivity index (χ0) is 21.8. The maximum absolute atomic E-state index is 11.5. The second-order valence-corrected chi connectivity index (χ2v) is 8.54. The molecule has 0 spiro atoms. The Morgan fingerprint density at radius 2 is 1.67 bits per heavy atom. The van der Waals surface area contributed by atoms with E-state index in [0.717, 1.165) is 25.1 Å². The van der Waals surface area contributed by atoms with Crippen molar-refractivity contribution in [3.8, 4) is 5.75 Å². The molecule has 2 aromatic carbocycles. The summed E-state index contributed by atoms with van der Waals surface area (Å²) in [6.07, 6.45) is 1.56. The highest BCUT2D eigenvalue weighted by Crippen LogP contribution is 2.23. The lowest BCUT2D eigenvalue weighted by Crippen LogP contribution is -2.36. The molecule has 1 unspecified atom stereocenters. The van der Waals surface area contributed by atoms with Gasteiger partial charge in [-0.15, -0.1) is 0 Å². The van der Waals surface area contributed by atoms with E-state index in [1.807, 2.05) is 20.8 Å². The second kappa shape index (κ2) is 12.2. The summed E-state index contributed by atoms with van der Waals surface area (Å²) in [5.74, 6) is 1.37. The van der Waals surface area contributed by atoms with Crippen molar-refractivity contribution in [2.24, 2.45) is 0 Å². The van der Waals surface area contributed by atoms with Gasteiger partial charge < -0.3 is 20.1 Å². The van der Waals surface area contributed by atoms with Crippen LogP contribution < -0.4 is 15.4 Å². The minimum absolute atomic E-state index is 0.380. The molecule has 0 radical (unpaired) electrons. The molecule has 2 aromatic rings. The third-order valence-electron chi connectivity index (χ3n) is 4.57. The highest BCUT2D eigenvalue weighted by molar-refractivity contribution is 5.67. The number of benzene rings is 2. The summed E-state index contributed by atoms with van der Waals surface area (Å²) >= 11 is 0. The fourth-order valence-corrected chi connectivity index (χ4v) is 3.06. The number of hydrogen-bond acceptors (Lipinski definition) is 4. The van der Waals surface area contributed by atoms with E-state index in [4.69, 9.17) is 9.47 Å². The molecule has 2 N–H and O–H groups in total. The van der Waals surface area contributed by atoms with E-state index in [1.165, 1.54) is 11.1 Å². The minimum Gasteiger partial charge on any atom is -0.494 e. The number of rotatable bonds is 11. The van der Waals surface area contributed by atoms with E-state index in [-0.39, 0.29) is 6.09 Å². The van der Waals surface area contributed by atoms with E-state index < -0.39 is 5.60 Å². The topological polar surface area (TPSA) is 59.6 Å². The first-order chi connectivity index (χ1) is 14.3. The maximum Gasteiger partial charge on any atom is 0.407 e. The van der Waals surface area contributed by atoms with Crippen molar-refractivity contribution in [2.75, 3.05) is 26.2 Å². The number of ether oxygens (including phenoxy) is 2. The SMILES string of the molecule is CC(Cc1ccccc1)c1ccc(OCCCNCCNC(=O)OC(C)(C)C)cc1. The summed E-state index contributed by atoms with van der Waals surface area (Å²) in [7, 11) is 0. The molecule has 0 aliphatic rings. The summed E-state index contributed by atoms with van der Waals surface area (Å²) in [5.41, 5.74) is 2.22. The minimum atomic E-state index is -0.465. The smallest absolute Gasteiger partial charge is 0.407 e. The van der Waals surface area contributed by atoms with Crippen LogP contribution in [-0.2, 0) is 11.2 Å². The van der Waals surface area contributed by atoms with Gasteiger partial charge >= 0.3 is 6.09 Å². The van der Waals surface area contributed by atoms with Crippen molar-refractivity contribution >= 4 is 6.09 Å². The van der Waals surface area contributed by atoms with Crippen molar-refractivity contribution in [1.29, 1.82) is 0 Å². The van der Waals surface area contributed by atoms with Gasteiger partial charge in [0.2, 0.25) is 0 Å². The van der Waals surface area contributed by atoms with Crippen LogP contribution in [0, 0.1) is 0 Å². The summed E-state index contributed by atoms with van der Waals surface area (Å²) in [5, 5.41) is 6.02. The Morgan fingerprint density at radius 1 is 0.967 bits per heavy atom. The second-order valence-electron chi connectivity index (χ2n) is 8.54. The number of amides is 1. The molecule has 0 saturated carbocycles. The van der Waals surface area contributed by atoms with Crippen molar-refractivity contribution in [3.63, 3.8) is 0 Å². The molecule has 2 rings (SSSR count). The van der Waals surface area contributed by atoms with Crippen LogP contribution in [0.5, 0.6) is 5.75 Å². The fraction of sp³-hybridized carbons (Fsp3) is 0.480. The molecule has 5 heteroatoms. The Labute approximate surface area is 181 Å². The average molecular weight is 413 g/mol. The van der Waals surface area contributed by atoms with Crippen molar-refractivity contribution < 1.29 is 14.3 Å². The third kappa shape index (κ3) is 9.79. The Morgan fingerprint density at radius 3 is 2.33 bits per heavy atom. The monoisotopic (exact) mass is 412 g/mol. The van der Waals surface area contributed by atoms with Crippen LogP contribution in [0.4, 0.5) is 4.79 Å². The molecule has 1 amide bonds. The predicted octanol–water partition coefficient (Wildman–Crippen LogP) is 4.92. The third-order valence-corrected chi connectivity index (χ3v) is 4.57. The summed E-state index contributed by atoms with van der Waals surface area (Å²) in [6, 6.07) is 19.0. The first-order valence-corrected chi connectivity index (χ1v) is 10.8. The number of carbonyl (C=O) groups is 1. The number of hydrogen-bond donors (Lipinski definition) is 2. The standard InChI is InChI=1S/C25H36N2O3/c1-20(19-21-9-6-5-7-10-21)22-11-13-23(14-12-22)29-18-8-15-26-16-17-27-24(28)30-25(2,3)4/h5-7,9-14,20,26H,8,15-19H2,1-4H3,(H,27,28). The predicted molar refractivity (Wildman–Crippen MR) is 122 cm³/mol. The summed E-state index contributed by atoms with van der Waals surface area (Å²) < 4.78 is 11.0. The molecule has 164 valence electrons. The highest BCUT2D eigenvalue weighted by atomic mass is 16.6. The molecule has 0 fully saturated rings. The van der Waals surface area contributed by atoms with Crippen LogP contribution in [0.3, 0.4) is 0 Å². The van der Waals surface area contributed by atoms with E-state index in [9.17, 15) is 4.79 Å². The van der Waals surface area contributed by atoms with Crippen LogP contribution in [-0.4, -0.2) is 37.9 Å². The molecule has 0 bridgehead atoms. The number of nitrogens with one attached hydrogen (secondary N) is 2. The maximum atomic E-state index is 11.5. The quantitative estimate of drug-likeness (QED) is 0.515. The normalized spacial score (nSPS) is 12.3. The van der Waals surface area contributed by atoms with Gasteiger partial charge in [-0.1, -0.05) is 49.4 Å². The summed E-state index contributed by atoms with van der Waals surface area (Å²) in [4.78, 5) is 11.5. The lowest BCUT2D eigenvalue weighted by atomic mass is 9.94. The molecule has 5 nitrogen and oxygen atoms in total. The van der Waals surface area contributed by atoms with E-state index >= 15 is 0 Å². The lowest BCUT2D eigenvalue weighted by Gasteiger charge is -2.19. The van der Waals surface area contributed by atoms with E-state index in [1.54, 1.807) is 0 Å². The summed E-state index contributed by atoms with van der Waals surface area (Å²) in [6.45, 7) is 10.5. The van der Waals surface area contributed by atoms with Gasteiger partial charge in [-0.05, 0) is 69.3 Å². The van der Waals surface area contributed by atoms with Gasteiger partial charge in [0, 0.05) is 13.1 Å². The molecular formula is C25H36N2O3. The van der Waals surface area contributed by atoms with Gasteiger partial charge in [0.15, 0.2) is 0 Å². The molecule has 1 atom stereocenters.